The standard InChI is InChI=1S/C12H16N4O2S/c1-8-14-15-12(19)16(8)13-7-9-5-4-6-10(17-2)11(9)18-3/h4-6,13H,7H2,1-3H3,(H,15,19). The minimum absolute atomic E-state index is 0.527. The van der Waals surface area contributed by atoms with Gasteiger partial charge in [0.1, 0.15) is 5.82 Å². The molecular weight excluding hydrogens is 264 g/mol. The van der Waals surface area contributed by atoms with Crippen LogP contribution in [-0.4, -0.2) is 29.1 Å². The molecule has 0 saturated carbocycles. The van der Waals surface area contributed by atoms with Crippen molar-refractivity contribution in [3.05, 3.63) is 34.4 Å². The summed E-state index contributed by atoms with van der Waals surface area (Å²) in [7, 11) is 3.24. The number of aromatic amines is 1. The summed E-state index contributed by atoms with van der Waals surface area (Å²) in [6.45, 7) is 2.41. The van der Waals surface area contributed by atoms with Crippen molar-refractivity contribution in [1.29, 1.82) is 0 Å². The van der Waals surface area contributed by atoms with Crippen LogP contribution in [0.25, 0.3) is 0 Å². The summed E-state index contributed by atoms with van der Waals surface area (Å²) in [6, 6.07) is 5.74. The molecule has 2 N–H and O–H groups in total. The van der Waals surface area contributed by atoms with Crippen LogP contribution in [0.5, 0.6) is 11.5 Å². The van der Waals surface area contributed by atoms with Crippen LogP contribution in [-0.2, 0) is 6.54 Å². The highest BCUT2D eigenvalue weighted by Crippen LogP contribution is 2.30. The van der Waals surface area contributed by atoms with E-state index in [0.29, 0.717) is 22.8 Å². The Hall–Kier alpha value is -2.02. The summed E-state index contributed by atoms with van der Waals surface area (Å²) in [5.74, 6) is 2.19. The number of para-hydroxylation sites is 1. The fourth-order valence-electron chi connectivity index (χ4n) is 1.82. The average molecular weight is 280 g/mol. The maximum absolute atomic E-state index is 5.37. The van der Waals surface area contributed by atoms with Gasteiger partial charge in [0.2, 0.25) is 4.77 Å². The van der Waals surface area contributed by atoms with E-state index in [0.717, 1.165) is 11.4 Å². The molecule has 1 heterocycles. The Balaban J connectivity index is 2.22. The monoisotopic (exact) mass is 280 g/mol. The van der Waals surface area contributed by atoms with Crippen LogP contribution < -0.4 is 14.9 Å². The highest BCUT2D eigenvalue weighted by Gasteiger charge is 2.09. The number of aromatic nitrogens is 3. The van der Waals surface area contributed by atoms with Crippen molar-refractivity contribution < 1.29 is 9.47 Å². The lowest BCUT2D eigenvalue weighted by Crippen LogP contribution is -2.16. The number of hydrogen-bond donors (Lipinski definition) is 2. The van der Waals surface area contributed by atoms with Crippen LogP contribution in [0, 0.1) is 11.7 Å². The fraction of sp³-hybridized carbons (Fsp3) is 0.333. The van der Waals surface area contributed by atoms with Crippen molar-refractivity contribution in [2.75, 3.05) is 19.6 Å². The van der Waals surface area contributed by atoms with E-state index in [2.05, 4.69) is 15.6 Å². The van der Waals surface area contributed by atoms with Gasteiger partial charge in [-0.2, -0.15) is 5.10 Å². The summed E-state index contributed by atoms with van der Waals surface area (Å²) in [4.78, 5) is 0. The van der Waals surface area contributed by atoms with Crippen LogP contribution in [0.15, 0.2) is 18.2 Å². The quantitative estimate of drug-likeness (QED) is 0.820. The molecule has 2 aromatic rings. The number of aryl methyl sites for hydroxylation is 1. The predicted octanol–water partition coefficient (Wildman–Crippen LogP) is 2.01. The molecule has 102 valence electrons. The number of nitrogens with one attached hydrogen (secondary N) is 2. The van der Waals surface area contributed by atoms with Gasteiger partial charge in [0, 0.05) is 5.56 Å². The minimum atomic E-state index is 0.527. The third-order valence-electron chi connectivity index (χ3n) is 2.75. The molecule has 0 atom stereocenters. The SMILES string of the molecule is COc1cccc(CNn2c(C)n[nH]c2=S)c1OC. The van der Waals surface area contributed by atoms with E-state index in [-0.39, 0.29) is 0 Å². The zero-order valence-corrected chi connectivity index (χ0v) is 11.9. The maximum Gasteiger partial charge on any atom is 0.214 e. The summed E-state index contributed by atoms with van der Waals surface area (Å²) in [5.41, 5.74) is 4.16. The van der Waals surface area contributed by atoms with Crippen LogP contribution in [0.4, 0.5) is 0 Å². The van der Waals surface area contributed by atoms with E-state index in [1.54, 1.807) is 18.9 Å². The van der Waals surface area contributed by atoms with E-state index < -0.39 is 0 Å². The van der Waals surface area contributed by atoms with Crippen LogP contribution in [0.2, 0.25) is 0 Å². The average Bonchev–Trinajstić information content (AvgIpc) is 2.75. The number of benzene rings is 1. The van der Waals surface area contributed by atoms with Gasteiger partial charge in [0.05, 0.1) is 20.8 Å². The zero-order valence-electron chi connectivity index (χ0n) is 11.1. The number of hydrogen-bond acceptors (Lipinski definition) is 5. The van der Waals surface area contributed by atoms with Gasteiger partial charge in [0.25, 0.3) is 0 Å². The van der Waals surface area contributed by atoms with Crippen molar-refractivity contribution in [3.63, 3.8) is 0 Å². The van der Waals surface area contributed by atoms with Gasteiger partial charge in [-0.3, -0.25) is 5.10 Å². The van der Waals surface area contributed by atoms with Crippen molar-refractivity contribution >= 4 is 12.2 Å². The van der Waals surface area contributed by atoms with E-state index in [9.17, 15) is 0 Å². The normalized spacial score (nSPS) is 10.3. The minimum Gasteiger partial charge on any atom is -0.493 e. The molecule has 0 aliphatic rings. The summed E-state index contributed by atoms with van der Waals surface area (Å²) < 4.78 is 12.9. The molecule has 1 aromatic carbocycles. The Morgan fingerprint density at radius 1 is 1.37 bits per heavy atom. The highest BCUT2D eigenvalue weighted by atomic mass is 32.1. The molecule has 0 spiro atoms. The van der Waals surface area contributed by atoms with Crippen molar-refractivity contribution in [2.45, 2.75) is 13.5 Å². The van der Waals surface area contributed by atoms with Crippen LogP contribution >= 0.6 is 12.2 Å². The molecule has 1 aromatic heterocycles. The Morgan fingerprint density at radius 2 is 2.16 bits per heavy atom. The molecule has 0 aliphatic carbocycles. The predicted molar refractivity (Wildman–Crippen MR) is 74.8 cm³/mol. The van der Waals surface area contributed by atoms with Gasteiger partial charge in [0.15, 0.2) is 11.5 Å². The highest BCUT2D eigenvalue weighted by molar-refractivity contribution is 7.71. The van der Waals surface area contributed by atoms with E-state index in [1.165, 1.54) is 0 Å². The lowest BCUT2D eigenvalue weighted by molar-refractivity contribution is 0.352. The lowest BCUT2D eigenvalue weighted by atomic mass is 10.2. The van der Waals surface area contributed by atoms with E-state index >= 15 is 0 Å². The Morgan fingerprint density at radius 3 is 2.74 bits per heavy atom. The Bertz CT molecular complexity index is 620. The molecule has 19 heavy (non-hydrogen) atoms. The first-order valence-corrected chi connectivity index (χ1v) is 6.16. The second kappa shape index (κ2) is 5.75. The number of methoxy groups -OCH3 is 2. The first kappa shape index (κ1) is 13.4. The lowest BCUT2D eigenvalue weighted by Gasteiger charge is -2.14. The number of rotatable bonds is 5. The Kier molecular flexibility index (Phi) is 4.06. The summed E-state index contributed by atoms with van der Waals surface area (Å²) in [6.07, 6.45) is 0. The largest absolute Gasteiger partial charge is 0.493 e. The molecule has 7 heteroatoms. The zero-order chi connectivity index (χ0) is 13.8. The molecular formula is C12H16N4O2S. The van der Waals surface area contributed by atoms with Crippen molar-refractivity contribution in [2.24, 2.45) is 0 Å². The van der Waals surface area contributed by atoms with Crippen LogP contribution in [0.3, 0.4) is 0 Å². The van der Waals surface area contributed by atoms with Crippen LogP contribution in [0.1, 0.15) is 11.4 Å². The summed E-state index contributed by atoms with van der Waals surface area (Å²) in [5, 5.41) is 6.75. The molecule has 0 amide bonds. The van der Waals surface area contributed by atoms with Gasteiger partial charge >= 0.3 is 0 Å². The smallest absolute Gasteiger partial charge is 0.214 e. The maximum atomic E-state index is 5.37. The number of H-pyrrole nitrogens is 1. The van der Waals surface area contributed by atoms with Crippen molar-refractivity contribution in [3.8, 4) is 11.5 Å². The molecule has 2 rings (SSSR count). The Labute approximate surface area is 116 Å². The van der Waals surface area contributed by atoms with E-state index in [4.69, 9.17) is 21.7 Å². The second-order valence-corrected chi connectivity index (χ2v) is 4.29. The summed E-state index contributed by atoms with van der Waals surface area (Å²) >= 11 is 5.12. The first-order valence-electron chi connectivity index (χ1n) is 5.75. The van der Waals surface area contributed by atoms with Gasteiger partial charge in [-0.1, -0.05) is 12.1 Å². The molecule has 0 saturated heterocycles. The molecule has 0 bridgehead atoms. The second-order valence-electron chi connectivity index (χ2n) is 3.90. The van der Waals surface area contributed by atoms with Gasteiger partial charge < -0.3 is 14.9 Å². The van der Waals surface area contributed by atoms with Crippen molar-refractivity contribution in [1.82, 2.24) is 14.9 Å². The van der Waals surface area contributed by atoms with Gasteiger partial charge in [-0.25, -0.2) is 4.68 Å². The third-order valence-corrected chi connectivity index (χ3v) is 3.03. The number of nitrogens with zero attached hydrogens (tertiary/aromatic N) is 2. The third kappa shape index (κ3) is 2.70. The van der Waals surface area contributed by atoms with E-state index in [1.807, 2.05) is 25.1 Å². The molecule has 6 nitrogen and oxygen atoms in total. The fourth-order valence-corrected chi connectivity index (χ4v) is 2.06. The first-order chi connectivity index (χ1) is 9.17. The molecule has 0 fully saturated rings. The molecule has 0 radical (unpaired) electrons. The number of ether oxygens (including phenoxy) is 2. The van der Waals surface area contributed by atoms with Gasteiger partial charge in [-0.15, -0.1) is 0 Å². The molecule has 0 unspecified atom stereocenters. The molecule has 0 aliphatic heterocycles. The topological polar surface area (TPSA) is 64.1 Å². The van der Waals surface area contributed by atoms with Gasteiger partial charge in [-0.05, 0) is 25.2 Å².